The van der Waals surface area contributed by atoms with E-state index in [1.54, 1.807) is 55.6 Å². The summed E-state index contributed by atoms with van der Waals surface area (Å²) in [6.07, 6.45) is 0. The minimum Gasteiger partial charge on any atom is -0.497 e. The molecule has 3 aromatic carbocycles. The van der Waals surface area contributed by atoms with Crippen molar-refractivity contribution in [1.29, 1.82) is 0 Å². The van der Waals surface area contributed by atoms with Gasteiger partial charge in [-0.2, -0.15) is 0 Å². The minimum atomic E-state index is -1.06. The molecule has 0 saturated heterocycles. The molecule has 3 rings (SSSR count). The summed E-state index contributed by atoms with van der Waals surface area (Å²) in [5.74, 6) is 0.105. The van der Waals surface area contributed by atoms with E-state index in [4.69, 9.17) is 26.2 Å². The molecule has 0 aliphatic heterocycles. The first-order chi connectivity index (χ1) is 13.5. The van der Waals surface area contributed by atoms with E-state index >= 15 is 0 Å². The third-order valence-corrected chi connectivity index (χ3v) is 4.47. The molecule has 0 saturated carbocycles. The molecule has 0 fully saturated rings. The summed E-state index contributed by atoms with van der Waals surface area (Å²) < 4.78 is 10.9. The molecule has 0 radical (unpaired) electrons. The summed E-state index contributed by atoms with van der Waals surface area (Å²) in [7, 11) is 1.58. The van der Waals surface area contributed by atoms with Crippen LogP contribution in [0, 0.1) is 0 Å². The predicted molar refractivity (Wildman–Crippen MR) is 108 cm³/mol. The maximum absolute atomic E-state index is 12.0. The molecule has 0 spiro atoms. The summed E-state index contributed by atoms with van der Waals surface area (Å²) in [4.78, 5) is 12.0. The number of hydrogen-bond donors (Lipinski definition) is 2. The lowest BCUT2D eigenvalue weighted by atomic mass is 9.94. The Bertz CT molecular complexity index is 983. The molecular formula is C22H19ClO5. The van der Waals surface area contributed by atoms with Gasteiger partial charge < -0.3 is 19.7 Å². The maximum atomic E-state index is 12.0. The van der Waals surface area contributed by atoms with Crippen LogP contribution in [0.15, 0.2) is 60.7 Å². The average Bonchev–Trinajstić information content (AvgIpc) is 2.71. The predicted octanol–water partition coefficient (Wildman–Crippen LogP) is 4.75. The van der Waals surface area contributed by atoms with E-state index < -0.39 is 5.97 Å². The van der Waals surface area contributed by atoms with Crippen LogP contribution < -0.4 is 9.47 Å². The number of methoxy groups -OCH3 is 1. The van der Waals surface area contributed by atoms with Crippen LogP contribution in [0.4, 0.5) is 0 Å². The van der Waals surface area contributed by atoms with Gasteiger partial charge in [0.2, 0.25) is 0 Å². The molecule has 0 heterocycles. The van der Waals surface area contributed by atoms with Crippen LogP contribution in [0.2, 0.25) is 5.02 Å². The van der Waals surface area contributed by atoms with Gasteiger partial charge in [0.25, 0.3) is 0 Å². The third kappa shape index (κ3) is 4.27. The second-order valence-electron chi connectivity index (χ2n) is 6.01. The second kappa shape index (κ2) is 8.78. The van der Waals surface area contributed by atoms with Crippen molar-refractivity contribution < 1.29 is 24.5 Å². The van der Waals surface area contributed by atoms with Gasteiger partial charge in [0.1, 0.15) is 18.1 Å². The van der Waals surface area contributed by atoms with Gasteiger partial charge in [0.15, 0.2) is 0 Å². The zero-order valence-electron chi connectivity index (χ0n) is 15.2. The highest BCUT2D eigenvalue weighted by Crippen LogP contribution is 2.38. The average molecular weight is 399 g/mol. The van der Waals surface area contributed by atoms with Crippen LogP contribution in [0.3, 0.4) is 0 Å². The fourth-order valence-electron chi connectivity index (χ4n) is 2.92. The fourth-order valence-corrected chi connectivity index (χ4v) is 3.11. The van der Waals surface area contributed by atoms with E-state index in [1.807, 2.05) is 12.1 Å². The van der Waals surface area contributed by atoms with Crippen molar-refractivity contribution in [1.82, 2.24) is 0 Å². The van der Waals surface area contributed by atoms with Crippen molar-refractivity contribution in [3.63, 3.8) is 0 Å². The molecule has 0 aliphatic rings. The van der Waals surface area contributed by atoms with Gasteiger partial charge in [0, 0.05) is 10.6 Å². The lowest BCUT2D eigenvalue weighted by molar-refractivity contribution is 0.0697. The van der Waals surface area contributed by atoms with E-state index in [0.29, 0.717) is 33.2 Å². The molecule has 28 heavy (non-hydrogen) atoms. The molecule has 6 heteroatoms. The van der Waals surface area contributed by atoms with Crippen LogP contribution in [0.1, 0.15) is 10.4 Å². The van der Waals surface area contributed by atoms with Gasteiger partial charge >= 0.3 is 5.97 Å². The maximum Gasteiger partial charge on any atom is 0.336 e. The lowest BCUT2D eigenvalue weighted by Gasteiger charge is -2.16. The SMILES string of the molecule is COc1ccc(-c2cc(C(=O)O)c(-c3cccc(Cl)c3)cc2OCCO)cc1. The highest BCUT2D eigenvalue weighted by Gasteiger charge is 2.18. The summed E-state index contributed by atoms with van der Waals surface area (Å²) >= 11 is 6.08. The number of benzene rings is 3. The van der Waals surface area contributed by atoms with Crippen LogP contribution >= 0.6 is 11.6 Å². The van der Waals surface area contributed by atoms with Crippen LogP contribution in [0.25, 0.3) is 22.3 Å². The van der Waals surface area contributed by atoms with Crippen molar-refractivity contribution >= 4 is 17.6 Å². The van der Waals surface area contributed by atoms with Crippen LogP contribution in [0.5, 0.6) is 11.5 Å². The van der Waals surface area contributed by atoms with Crippen molar-refractivity contribution in [2.24, 2.45) is 0 Å². The molecule has 0 aliphatic carbocycles. The largest absolute Gasteiger partial charge is 0.497 e. The molecule has 0 aromatic heterocycles. The molecule has 5 nitrogen and oxygen atoms in total. The quantitative estimate of drug-likeness (QED) is 0.600. The first-order valence-corrected chi connectivity index (χ1v) is 8.96. The van der Waals surface area contributed by atoms with Gasteiger partial charge in [0.05, 0.1) is 19.3 Å². The normalized spacial score (nSPS) is 10.5. The van der Waals surface area contributed by atoms with Crippen LogP contribution in [-0.2, 0) is 0 Å². The third-order valence-electron chi connectivity index (χ3n) is 4.24. The topological polar surface area (TPSA) is 76.0 Å². The van der Waals surface area contributed by atoms with Gasteiger partial charge in [-0.05, 0) is 53.1 Å². The first-order valence-electron chi connectivity index (χ1n) is 8.59. The van der Waals surface area contributed by atoms with Crippen molar-refractivity contribution in [2.45, 2.75) is 0 Å². The van der Waals surface area contributed by atoms with E-state index in [9.17, 15) is 9.90 Å². The zero-order chi connectivity index (χ0) is 20.1. The van der Waals surface area contributed by atoms with Crippen molar-refractivity contribution in [2.75, 3.05) is 20.3 Å². The summed E-state index contributed by atoms with van der Waals surface area (Å²) in [6, 6.07) is 17.4. The smallest absolute Gasteiger partial charge is 0.336 e. The molecule has 0 bridgehead atoms. The number of aliphatic hydroxyl groups excluding tert-OH is 1. The Labute approximate surface area is 167 Å². The lowest BCUT2D eigenvalue weighted by Crippen LogP contribution is -2.06. The molecular weight excluding hydrogens is 380 g/mol. The Morgan fingerprint density at radius 2 is 1.75 bits per heavy atom. The number of carboxylic acid groups (broad SMARTS) is 1. The van der Waals surface area contributed by atoms with E-state index in [1.165, 1.54) is 0 Å². The zero-order valence-corrected chi connectivity index (χ0v) is 15.9. The van der Waals surface area contributed by atoms with E-state index in [0.717, 1.165) is 5.56 Å². The number of carbonyl (C=O) groups is 1. The summed E-state index contributed by atoms with van der Waals surface area (Å²) in [6.45, 7) is -0.0697. The number of rotatable bonds is 7. The van der Waals surface area contributed by atoms with Gasteiger partial charge in [-0.25, -0.2) is 4.79 Å². The molecule has 2 N–H and O–H groups in total. The van der Waals surface area contributed by atoms with Gasteiger partial charge in [-0.3, -0.25) is 0 Å². The Balaban J connectivity index is 2.20. The number of halogens is 1. The van der Waals surface area contributed by atoms with Crippen molar-refractivity contribution in [3.8, 4) is 33.8 Å². The molecule has 0 unspecified atom stereocenters. The van der Waals surface area contributed by atoms with Crippen LogP contribution in [-0.4, -0.2) is 36.5 Å². The Morgan fingerprint density at radius 1 is 1.00 bits per heavy atom. The monoisotopic (exact) mass is 398 g/mol. The number of ether oxygens (including phenoxy) is 2. The minimum absolute atomic E-state index is 0.0879. The number of hydrogen-bond acceptors (Lipinski definition) is 4. The number of carboxylic acids is 1. The Hall–Kier alpha value is -3.02. The molecule has 0 atom stereocenters. The van der Waals surface area contributed by atoms with Gasteiger partial charge in [-0.15, -0.1) is 0 Å². The molecule has 0 amide bonds. The number of aromatic carboxylic acids is 1. The Kier molecular flexibility index (Phi) is 6.19. The summed E-state index contributed by atoms with van der Waals surface area (Å²) in [5, 5.41) is 19.5. The Morgan fingerprint density at radius 3 is 2.36 bits per heavy atom. The van der Waals surface area contributed by atoms with Gasteiger partial charge in [-0.1, -0.05) is 35.9 Å². The fraction of sp³-hybridized carbons (Fsp3) is 0.136. The van der Waals surface area contributed by atoms with E-state index in [2.05, 4.69) is 0 Å². The second-order valence-corrected chi connectivity index (χ2v) is 6.45. The standard InChI is InChI=1S/C22H19ClO5/c1-27-17-7-5-14(6-8-17)19-12-20(22(25)26)18(13-21(19)28-10-9-24)15-3-2-4-16(23)11-15/h2-8,11-13,24H,9-10H2,1H3,(H,25,26). The highest BCUT2D eigenvalue weighted by atomic mass is 35.5. The number of aliphatic hydroxyl groups is 1. The van der Waals surface area contributed by atoms with Crippen molar-refractivity contribution in [3.05, 3.63) is 71.2 Å². The molecule has 3 aromatic rings. The first kappa shape index (κ1) is 19.7. The highest BCUT2D eigenvalue weighted by molar-refractivity contribution is 6.30. The van der Waals surface area contributed by atoms with E-state index in [-0.39, 0.29) is 18.8 Å². The molecule has 144 valence electrons. The summed E-state index contributed by atoms with van der Waals surface area (Å²) in [5.41, 5.74) is 2.66.